The molecule has 2 aromatic rings. The molecule has 154 valence electrons. The van der Waals surface area contributed by atoms with Crippen LogP contribution in [-0.4, -0.2) is 22.7 Å². The van der Waals surface area contributed by atoms with Gasteiger partial charge in [0.25, 0.3) is 5.91 Å². The molecule has 0 atom stereocenters. The lowest BCUT2D eigenvalue weighted by Crippen LogP contribution is -2.51. The third kappa shape index (κ3) is 3.69. The Kier molecular flexibility index (Phi) is 4.88. The predicted octanol–water partition coefficient (Wildman–Crippen LogP) is 4.93. The normalized spacial score (nSPS) is 29.9. The summed E-state index contributed by atoms with van der Waals surface area (Å²) in [6.45, 7) is 0.669. The van der Waals surface area contributed by atoms with Gasteiger partial charge in [0.2, 0.25) is 5.89 Å². The summed E-state index contributed by atoms with van der Waals surface area (Å²) in [4.78, 5) is 21.3. The Hall–Kier alpha value is -1.89. The zero-order valence-electron chi connectivity index (χ0n) is 16.2. The monoisotopic (exact) mass is 416 g/mol. The molecule has 6 rings (SSSR count). The molecule has 4 fully saturated rings. The fraction of sp³-hybridized carbons (Fsp3) is 0.545. The number of oxazole rings is 1. The van der Waals surface area contributed by atoms with Crippen molar-refractivity contribution < 1.29 is 19.4 Å². The molecule has 4 aliphatic carbocycles. The molecule has 0 spiro atoms. The third-order valence-corrected chi connectivity index (χ3v) is 7.34. The lowest BCUT2D eigenvalue weighted by molar-refractivity contribution is -0.253. The lowest BCUT2D eigenvalue weighted by Gasteiger charge is -2.56. The molecule has 4 bridgehead atoms. The molecule has 1 heterocycles. The van der Waals surface area contributed by atoms with E-state index in [0.29, 0.717) is 27.7 Å². The first-order valence-corrected chi connectivity index (χ1v) is 10.7. The largest absolute Gasteiger partial charge is 0.444 e. The number of hydrogen-bond donors (Lipinski definition) is 2. The molecule has 1 amide bonds. The molecular formula is C22H25ClN2O4. The Labute approximate surface area is 174 Å². The maximum absolute atomic E-state index is 13.0. The molecule has 0 radical (unpaired) electrons. The average molecular weight is 417 g/mol. The maximum Gasteiger partial charge on any atom is 0.252 e. The Bertz CT molecular complexity index is 890. The fourth-order valence-corrected chi connectivity index (χ4v) is 6.48. The van der Waals surface area contributed by atoms with E-state index in [0.717, 1.165) is 24.3 Å². The molecule has 0 saturated heterocycles. The summed E-state index contributed by atoms with van der Waals surface area (Å²) in [5.74, 6) is 2.76. The van der Waals surface area contributed by atoms with Crippen molar-refractivity contribution in [2.24, 2.45) is 23.2 Å². The summed E-state index contributed by atoms with van der Waals surface area (Å²) in [6.07, 6.45) is 9.33. The zero-order valence-corrected chi connectivity index (χ0v) is 17.0. The van der Waals surface area contributed by atoms with Crippen LogP contribution in [0.1, 0.15) is 54.6 Å². The van der Waals surface area contributed by atoms with Gasteiger partial charge in [-0.25, -0.2) is 9.87 Å². The van der Waals surface area contributed by atoms with Crippen LogP contribution < -0.4 is 5.32 Å². The van der Waals surface area contributed by atoms with E-state index < -0.39 is 0 Å². The second-order valence-electron chi connectivity index (χ2n) is 9.21. The van der Waals surface area contributed by atoms with E-state index in [4.69, 9.17) is 21.3 Å². The fourth-order valence-electron chi connectivity index (χ4n) is 6.27. The van der Waals surface area contributed by atoms with Crippen LogP contribution in [-0.2, 0) is 11.5 Å². The molecular weight excluding hydrogens is 392 g/mol. The minimum Gasteiger partial charge on any atom is -0.444 e. The highest BCUT2D eigenvalue weighted by molar-refractivity contribution is 6.34. The number of aromatic nitrogens is 1. The second kappa shape index (κ2) is 7.42. The number of benzene rings is 1. The number of nitrogens with one attached hydrogen (secondary N) is 1. The van der Waals surface area contributed by atoms with Crippen molar-refractivity contribution in [1.82, 2.24) is 10.3 Å². The highest BCUT2D eigenvalue weighted by atomic mass is 35.5. The Morgan fingerprint density at radius 1 is 1.24 bits per heavy atom. The molecule has 6 nitrogen and oxygen atoms in total. The van der Waals surface area contributed by atoms with E-state index in [1.165, 1.54) is 44.8 Å². The zero-order chi connectivity index (χ0) is 20.0. The van der Waals surface area contributed by atoms with Crippen LogP contribution in [0.25, 0.3) is 11.5 Å². The van der Waals surface area contributed by atoms with Crippen molar-refractivity contribution in [3.63, 3.8) is 0 Å². The van der Waals surface area contributed by atoms with E-state index in [1.807, 2.05) is 0 Å². The average Bonchev–Trinajstić information content (AvgIpc) is 3.14. The molecule has 1 aromatic carbocycles. The SMILES string of the molecule is O=C(NCC12CC3CC(CC(C3)C1)C2)c1cc(-c2nc(COO)co2)ccc1Cl. The van der Waals surface area contributed by atoms with Gasteiger partial charge in [-0.3, -0.25) is 10.1 Å². The number of rotatable bonds is 6. The van der Waals surface area contributed by atoms with Gasteiger partial charge in [-0.1, -0.05) is 11.6 Å². The Morgan fingerprint density at radius 3 is 2.59 bits per heavy atom. The number of nitrogens with zero attached hydrogens (tertiary/aromatic N) is 1. The summed E-state index contributed by atoms with van der Waals surface area (Å²) >= 11 is 6.32. The summed E-state index contributed by atoms with van der Waals surface area (Å²) in [6, 6.07) is 5.14. The minimum absolute atomic E-state index is 0.0600. The summed E-state index contributed by atoms with van der Waals surface area (Å²) in [5, 5.41) is 12.1. The second-order valence-corrected chi connectivity index (χ2v) is 9.62. The standard InChI is InChI=1S/C22H25ClN2O4/c23-19-2-1-16(21-25-17(10-28-21)11-29-27)6-18(19)20(26)24-12-22-7-13-3-14(8-22)5-15(4-13)9-22/h1-2,6,10,13-15,27H,3-5,7-9,11-12H2,(H,24,26). The van der Waals surface area contributed by atoms with Gasteiger partial charge in [0.1, 0.15) is 18.6 Å². The number of hydrogen-bond acceptors (Lipinski definition) is 5. The van der Waals surface area contributed by atoms with Gasteiger partial charge in [0.05, 0.1) is 10.6 Å². The number of carbonyl (C=O) groups excluding carboxylic acids is 1. The Morgan fingerprint density at radius 2 is 1.93 bits per heavy atom. The first kappa shape index (κ1) is 19.1. The van der Waals surface area contributed by atoms with Crippen LogP contribution in [0.5, 0.6) is 0 Å². The molecule has 2 N–H and O–H groups in total. The van der Waals surface area contributed by atoms with Gasteiger partial charge >= 0.3 is 0 Å². The lowest BCUT2D eigenvalue weighted by atomic mass is 9.49. The smallest absolute Gasteiger partial charge is 0.252 e. The van der Waals surface area contributed by atoms with Gasteiger partial charge in [-0.2, -0.15) is 0 Å². The Balaban J connectivity index is 1.31. The van der Waals surface area contributed by atoms with Crippen molar-refractivity contribution in [2.45, 2.75) is 45.1 Å². The van der Waals surface area contributed by atoms with Crippen LogP contribution in [0.4, 0.5) is 0 Å². The molecule has 0 unspecified atom stereocenters. The van der Waals surface area contributed by atoms with Crippen LogP contribution >= 0.6 is 11.6 Å². The highest BCUT2D eigenvalue weighted by Crippen LogP contribution is 2.59. The van der Waals surface area contributed by atoms with Crippen molar-refractivity contribution in [2.75, 3.05) is 6.54 Å². The van der Waals surface area contributed by atoms with Crippen molar-refractivity contribution in [1.29, 1.82) is 0 Å². The van der Waals surface area contributed by atoms with Crippen LogP contribution in [0.3, 0.4) is 0 Å². The predicted molar refractivity (Wildman–Crippen MR) is 107 cm³/mol. The third-order valence-electron chi connectivity index (χ3n) is 7.01. The molecule has 1 aromatic heterocycles. The minimum atomic E-state index is -0.155. The summed E-state index contributed by atoms with van der Waals surface area (Å²) in [7, 11) is 0. The highest BCUT2D eigenvalue weighted by Gasteiger charge is 2.50. The summed E-state index contributed by atoms with van der Waals surface area (Å²) < 4.78 is 5.43. The number of halogens is 1. The van der Waals surface area contributed by atoms with Crippen molar-refractivity contribution in [3.8, 4) is 11.5 Å². The number of carbonyl (C=O) groups is 1. The van der Waals surface area contributed by atoms with Crippen LogP contribution in [0.2, 0.25) is 5.02 Å². The molecule has 4 aliphatic rings. The van der Waals surface area contributed by atoms with E-state index in [1.54, 1.807) is 18.2 Å². The van der Waals surface area contributed by atoms with Crippen molar-refractivity contribution >= 4 is 17.5 Å². The quantitative estimate of drug-likeness (QED) is 0.515. The van der Waals surface area contributed by atoms with Gasteiger partial charge in [0.15, 0.2) is 0 Å². The van der Waals surface area contributed by atoms with Crippen LogP contribution in [0, 0.1) is 23.2 Å². The van der Waals surface area contributed by atoms with E-state index in [-0.39, 0.29) is 17.9 Å². The summed E-state index contributed by atoms with van der Waals surface area (Å²) in [5.41, 5.74) is 1.81. The van der Waals surface area contributed by atoms with Crippen molar-refractivity contribution in [3.05, 3.63) is 40.7 Å². The van der Waals surface area contributed by atoms with Crippen LogP contribution in [0.15, 0.2) is 28.9 Å². The van der Waals surface area contributed by atoms with Gasteiger partial charge in [-0.15, -0.1) is 0 Å². The van der Waals surface area contributed by atoms with Gasteiger partial charge in [-0.05, 0) is 79.9 Å². The first-order chi connectivity index (χ1) is 14.0. The molecule has 4 saturated carbocycles. The topological polar surface area (TPSA) is 84.6 Å². The molecule has 29 heavy (non-hydrogen) atoms. The maximum atomic E-state index is 13.0. The van der Waals surface area contributed by atoms with E-state index >= 15 is 0 Å². The first-order valence-electron chi connectivity index (χ1n) is 10.3. The number of amides is 1. The molecule has 7 heteroatoms. The van der Waals surface area contributed by atoms with Gasteiger partial charge < -0.3 is 9.73 Å². The van der Waals surface area contributed by atoms with E-state index in [2.05, 4.69) is 15.2 Å². The molecule has 0 aliphatic heterocycles. The van der Waals surface area contributed by atoms with Gasteiger partial charge in [0, 0.05) is 12.1 Å². The van der Waals surface area contributed by atoms with E-state index in [9.17, 15) is 4.79 Å².